The smallest absolute Gasteiger partial charge is 0.324 e. The van der Waals surface area contributed by atoms with Gasteiger partial charge in [0.05, 0.1) is 6.61 Å². The molecule has 0 saturated heterocycles. The molecule has 0 bridgehead atoms. The first-order valence-electron chi connectivity index (χ1n) is 3.88. The monoisotopic (exact) mass is 178 g/mol. The Labute approximate surface area is 72.9 Å². The minimum Gasteiger partial charge on any atom is -0.465 e. The molecule has 0 aromatic rings. The summed E-state index contributed by atoms with van der Waals surface area (Å²) in [7, 11) is 0. The number of hydrogen-bond donors (Lipinski definition) is 0. The average molecular weight is 179 g/mol. The first-order valence-corrected chi connectivity index (χ1v) is 4.32. The van der Waals surface area contributed by atoms with Crippen molar-refractivity contribution in [1.82, 2.24) is 0 Å². The van der Waals surface area contributed by atoms with E-state index in [1.807, 2.05) is 13.8 Å². The van der Waals surface area contributed by atoms with Crippen molar-refractivity contribution in [3.63, 3.8) is 0 Å². The van der Waals surface area contributed by atoms with Crippen LogP contribution in [0.2, 0.25) is 0 Å². The SMILES string of the molecule is CCOC(=O)[C@@H](Cl)CC(C)C. The lowest BCUT2D eigenvalue weighted by atomic mass is 10.1. The van der Waals surface area contributed by atoms with Gasteiger partial charge in [-0.1, -0.05) is 13.8 Å². The summed E-state index contributed by atoms with van der Waals surface area (Å²) in [4.78, 5) is 10.9. The summed E-state index contributed by atoms with van der Waals surface area (Å²) in [5.41, 5.74) is 0. The molecule has 0 saturated carbocycles. The highest BCUT2D eigenvalue weighted by Gasteiger charge is 2.17. The Morgan fingerprint density at radius 2 is 2.09 bits per heavy atom. The third kappa shape index (κ3) is 5.08. The first kappa shape index (κ1) is 10.8. The highest BCUT2D eigenvalue weighted by atomic mass is 35.5. The zero-order valence-electron chi connectivity index (χ0n) is 7.26. The lowest BCUT2D eigenvalue weighted by molar-refractivity contribution is -0.142. The van der Waals surface area contributed by atoms with Crippen molar-refractivity contribution in [2.45, 2.75) is 32.6 Å². The van der Waals surface area contributed by atoms with Gasteiger partial charge in [0.2, 0.25) is 0 Å². The second kappa shape index (κ2) is 5.42. The number of alkyl halides is 1. The molecule has 0 aromatic heterocycles. The largest absolute Gasteiger partial charge is 0.465 e. The second-order valence-electron chi connectivity index (χ2n) is 2.85. The molecule has 0 N–H and O–H groups in total. The zero-order valence-corrected chi connectivity index (χ0v) is 8.02. The molecule has 66 valence electrons. The summed E-state index contributed by atoms with van der Waals surface area (Å²) in [6, 6.07) is 0. The van der Waals surface area contributed by atoms with Gasteiger partial charge in [0.15, 0.2) is 0 Å². The average Bonchev–Trinajstić information content (AvgIpc) is 1.86. The molecule has 0 aliphatic carbocycles. The summed E-state index contributed by atoms with van der Waals surface area (Å²) in [5, 5.41) is -0.477. The van der Waals surface area contributed by atoms with Crippen LogP contribution in [0.25, 0.3) is 0 Å². The fourth-order valence-electron chi connectivity index (χ4n) is 0.743. The molecule has 0 aromatic carbocycles. The molecule has 0 aliphatic rings. The Morgan fingerprint density at radius 3 is 2.45 bits per heavy atom. The molecular weight excluding hydrogens is 164 g/mol. The van der Waals surface area contributed by atoms with Crippen molar-refractivity contribution >= 4 is 17.6 Å². The maximum Gasteiger partial charge on any atom is 0.324 e. The molecule has 1 atom stereocenters. The van der Waals surface area contributed by atoms with Gasteiger partial charge in [-0.15, -0.1) is 11.6 Å². The Kier molecular flexibility index (Phi) is 5.30. The van der Waals surface area contributed by atoms with Crippen LogP contribution in [0.4, 0.5) is 0 Å². The van der Waals surface area contributed by atoms with Crippen molar-refractivity contribution < 1.29 is 9.53 Å². The minimum absolute atomic E-state index is 0.303. The van der Waals surface area contributed by atoms with Crippen LogP contribution in [0, 0.1) is 5.92 Å². The van der Waals surface area contributed by atoms with E-state index in [1.54, 1.807) is 6.92 Å². The van der Waals surface area contributed by atoms with Crippen LogP contribution in [-0.4, -0.2) is 18.0 Å². The second-order valence-corrected chi connectivity index (χ2v) is 3.38. The van der Waals surface area contributed by atoms with Gasteiger partial charge in [-0.2, -0.15) is 0 Å². The van der Waals surface area contributed by atoms with Gasteiger partial charge < -0.3 is 4.74 Å². The summed E-state index contributed by atoms with van der Waals surface area (Å²) in [6.45, 7) is 6.22. The van der Waals surface area contributed by atoms with Crippen LogP contribution in [0.5, 0.6) is 0 Å². The standard InChI is InChI=1S/C8H15ClO2/c1-4-11-8(10)7(9)5-6(2)3/h6-7H,4-5H2,1-3H3/t7-/m0/s1. The van der Waals surface area contributed by atoms with Crippen molar-refractivity contribution in [3.05, 3.63) is 0 Å². The van der Waals surface area contributed by atoms with Crippen LogP contribution in [0.15, 0.2) is 0 Å². The molecule has 0 spiro atoms. The van der Waals surface area contributed by atoms with Gasteiger partial charge in [0.1, 0.15) is 5.38 Å². The van der Waals surface area contributed by atoms with E-state index in [0.717, 1.165) is 0 Å². The van der Waals surface area contributed by atoms with Gasteiger partial charge in [0.25, 0.3) is 0 Å². The topological polar surface area (TPSA) is 26.3 Å². The third-order valence-electron chi connectivity index (χ3n) is 1.22. The normalized spacial score (nSPS) is 13.2. The maximum absolute atomic E-state index is 10.9. The highest BCUT2D eigenvalue weighted by Crippen LogP contribution is 2.11. The van der Waals surface area contributed by atoms with Gasteiger partial charge in [0, 0.05) is 0 Å². The number of ether oxygens (including phenoxy) is 1. The summed E-state index contributed by atoms with van der Waals surface area (Å²) >= 11 is 5.73. The zero-order chi connectivity index (χ0) is 8.85. The lowest BCUT2D eigenvalue weighted by Crippen LogP contribution is -2.19. The minimum atomic E-state index is -0.477. The molecule has 0 rings (SSSR count). The van der Waals surface area contributed by atoms with Gasteiger partial charge in [-0.3, -0.25) is 4.79 Å². The predicted molar refractivity (Wildman–Crippen MR) is 45.7 cm³/mol. The first-order chi connectivity index (χ1) is 5.07. The van der Waals surface area contributed by atoms with Gasteiger partial charge in [-0.05, 0) is 19.3 Å². The maximum atomic E-state index is 10.9. The van der Waals surface area contributed by atoms with Crippen LogP contribution >= 0.6 is 11.6 Å². The Hall–Kier alpha value is -0.240. The van der Waals surface area contributed by atoms with Crippen LogP contribution in [-0.2, 0) is 9.53 Å². The number of esters is 1. The van der Waals surface area contributed by atoms with E-state index in [2.05, 4.69) is 0 Å². The molecule has 2 nitrogen and oxygen atoms in total. The highest BCUT2D eigenvalue weighted by molar-refractivity contribution is 6.29. The lowest BCUT2D eigenvalue weighted by Gasteiger charge is -2.09. The summed E-state index contributed by atoms with van der Waals surface area (Å²) < 4.78 is 4.73. The van der Waals surface area contributed by atoms with Gasteiger partial charge >= 0.3 is 5.97 Å². The van der Waals surface area contributed by atoms with E-state index >= 15 is 0 Å². The predicted octanol–water partition coefficient (Wildman–Crippen LogP) is 2.20. The summed E-state index contributed by atoms with van der Waals surface area (Å²) in [5.74, 6) is 0.129. The van der Waals surface area contributed by atoms with Crippen molar-refractivity contribution in [3.8, 4) is 0 Å². The molecular formula is C8H15ClO2. The van der Waals surface area contributed by atoms with Crippen LogP contribution in [0.1, 0.15) is 27.2 Å². The van der Waals surface area contributed by atoms with Crippen molar-refractivity contribution in [2.75, 3.05) is 6.61 Å². The van der Waals surface area contributed by atoms with Crippen molar-refractivity contribution in [1.29, 1.82) is 0 Å². The molecule has 0 amide bonds. The Balaban J connectivity index is 3.64. The molecule has 11 heavy (non-hydrogen) atoms. The van der Waals surface area contributed by atoms with E-state index in [9.17, 15) is 4.79 Å². The molecule has 0 aliphatic heterocycles. The summed E-state index contributed by atoms with van der Waals surface area (Å²) in [6.07, 6.45) is 0.681. The third-order valence-corrected chi connectivity index (χ3v) is 1.58. The number of hydrogen-bond acceptors (Lipinski definition) is 2. The van der Waals surface area contributed by atoms with Gasteiger partial charge in [-0.25, -0.2) is 0 Å². The fourth-order valence-corrected chi connectivity index (χ4v) is 1.16. The molecule has 0 fully saturated rings. The van der Waals surface area contributed by atoms with Crippen LogP contribution in [0.3, 0.4) is 0 Å². The van der Waals surface area contributed by atoms with E-state index in [-0.39, 0.29) is 5.97 Å². The van der Waals surface area contributed by atoms with E-state index in [4.69, 9.17) is 16.3 Å². The number of halogens is 1. The quantitative estimate of drug-likeness (QED) is 0.488. The van der Waals surface area contributed by atoms with E-state index in [0.29, 0.717) is 18.9 Å². The Morgan fingerprint density at radius 1 is 1.55 bits per heavy atom. The number of carbonyl (C=O) groups excluding carboxylic acids is 1. The van der Waals surface area contributed by atoms with Crippen molar-refractivity contribution in [2.24, 2.45) is 5.92 Å². The number of rotatable bonds is 4. The molecule has 0 radical (unpaired) electrons. The van der Waals surface area contributed by atoms with E-state index in [1.165, 1.54) is 0 Å². The van der Waals surface area contributed by atoms with E-state index < -0.39 is 5.38 Å². The Bertz CT molecular complexity index is 123. The molecule has 3 heteroatoms. The van der Waals surface area contributed by atoms with Crippen LogP contribution < -0.4 is 0 Å². The number of carbonyl (C=O) groups is 1. The molecule has 0 heterocycles. The molecule has 0 unspecified atom stereocenters. The fraction of sp³-hybridized carbons (Fsp3) is 0.875.